The summed E-state index contributed by atoms with van der Waals surface area (Å²) in [5, 5.41) is 0. The Balaban J connectivity index is 1.98. The van der Waals surface area contributed by atoms with E-state index in [-0.39, 0.29) is 10.8 Å². The lowest BCUT2D eigenvalue weighted by Gasteiger charge is -2.53. The second-order valence-corrected chi connectivity index (χ2v) is 6.83. The van der Waals surface area contributed by atoms with E-state index in [1.807, 2.05) is 0 Å². The first-order chi connectivity index (χ1) is 9.09. The van der Waals surface area contributed by atoms with Crippen LogP contribution in [0.1, 0.15) is 43.4 Å². The number of hydrogen-bond donors (Lipinski definition) is 1. The van der Waals surface area contributed by atoms with Crippen molar-refractivity contribution in [3.63, 3.8) is 0 Å². The Bertz CT molecular complexity index is 474. The number of hydrogen-bond acceptors (Lipinski definition) is 2. The van der Waals surface area contributed by atoms with Crippen molar-refractivity contribution in [2.45, 2.75) is 44.9 Å². The Morgan fingerprint density at radius 2 is 1.95 bits per heavy atom. The largest absolute Gasteiger partial charge is 0.379 e. The molecule has 1 heterocycles. The lowest BCUT2D eigenvalue weighted by atomic mass is 9.59. The average molecular weight is 259 g/mol. The van der Waals surface area contributed by atoms with Crippen molar-refractivity contribution in [2.75, 3.05) is 19.8 Å². The molecule has 0 aromatic heterocycles. The van der Waals surface area contributed by atoms with Gasteiger partial charge in [-0.3, -0.25) is 0 Å². The van der Waals surface area contributed by atoms with Gasteiger partial charge in [-0.15, -0.1) is 0 Å². The quantitative estimate of drug-likeness (QED) is 0.902. The molecule has 0 unspecified atom stereocenters. The molecule has 0 bridgehead atoms. The summed E-state index contributed by atoms with van der Waals surface area (Å²) in [6.07, 6.45) is 4.87. The Morgan fingerprint density at radius 1 is 1.21 bits per heavy atom. The highest BCUT2D eigenvalue weighted by molar-refractivity contribution is 5.41. The summed E-state index contributed by atoms with van der Waals surface area (Å²) >= 11 is 0. The summed E-state index contributed by atoms with van der Waals surface area (Å²) in [7, 11) is 0. The fraction of sp³-hybridized carbons (Fsp3) is 0.647. The van der Waals surface area contributed by atoms with Gasteiger partial charge in [0.25, 0.3) is 0 Å². The molecule has 1 aliphatic carbocycles. The molecule has 2 N–H and O–H groups in total. The summed E-state index contributed by atoms with van der Waals surface area (Å²) < 4.78 is 5.60. The standard InChI is InChI=1S/C17H25NO/c1-16(2,8-9-18)17(11-19-12-17)15-7-6-13-4-3-5-14(13)10-15/h6-7,10H,3-5,8-9,11-12,18H2,1-2H3. The second kappa shape index (κ2) is 4.60. The average Bonchev–Trinajstić information content (AvgIpc) is 2.73. The van der Waals surface area contributed by atoms with Gasteiger partial charge in [-0.25, -0.2) is 0 Å². The van der Waals surface area contributed by atoms with Gasteiger partial charge in [0.15, 0.2) is 0 Å². The highest BCUT2D eigenvalue weighted by atomic mass is 16.5. The molecule has 1 saturated heterocycles. The normalized spacial score (nSPS) is 21.0. The summed E-state index contributed by atoms with van der Waals surface area (Å²) in [5.74, 6) is 0. The second-order valence-electron chi connectivity index (χ2n) is 6.83. The van der Waals surface area contributed by atoms with E-state index < -0.39 is 0 Å². The van der Waals surface area contributed by atoms with E-state index in [9.17, 15) is 0 Å². The molecule has 1 fully saturated rings. The number of nitrogens with two attached hydrogens (primary N) is 1. The van der Waals surface area contributed by atoms with Crippen LogP contribution in [-0.4, -0.2) is 19.8 Å². The molecule has 0 atom stereocenters. The molecule has 2 nitrogen and oxygen atoms in total. The van der Waals surface area contributed by atoms with Crippen molar-refractivity contribution in [1.29, 1.82) is 0 Å². The van der Waals surface area contributed by atoms with Crippen LogP contribution in [0.25, 0.3) is 0 Å². The van der Waals surface area contributed by atoms with Crippen LogP contribution in [-0.2, 0) is 23.0 Å². The highest BCUT2D eigenvalue weighted by Crippen LogP contribution is 2.49. The number of ether oxygens (including phenoxy) is 1. The predicted molar refractivity (Wildman–Crippen MR) is 78.4 cm³/mol. The number of fused-ring (bicyclic) bond motifs is 1. The van der Waals surface area contributed by atoms with Crippen LogP contribution in [0, 0.1) is 5.41 Å². The molecule has 2 aliphatic rings. The van der Waals surface area contributed by atoms with E-state index in [1.54, 1.807) is 11.1 Å². The maximum Gasteiger partial charge on any atom is 0.0590 e. The van der Waals surface area contributed by atoms with Crippen molar-refractivity contribution in [3.8, 4) is 0 Å². The molecule has 0 saturated carbocycles. The van der Waals surface area contributed by atoms with E-state index in [4.69, 9.17) is 10.5 Å². The fourth-order valence-electron chi connectivity index (χ4n) is 3.72. The van der Waals surface area contributed by atoms with Gasteiger partial charge in [0.05, 0.1) is 13.2 Å². The number of benzene rings is 1. The molecule has 1 aliphatic heterocycles. The van der Waals surface area contributed by atoms with Gasteiger partial charge >= 0.3 is 0 Å². The van der Waals surface area contributed by atoms with Gasteiger partial charge in [0.1, 0.15) is 0 Å². The van der Waals surface area contributed by atoms with Crippen LogP contribution < -0.4 is 5.73 Å². The van der Waals surface area contributed by atoms with Crippen molar-refractivity contribution in [2.24, 2.45) is 11.1 Å². The minimum atomic E-state index is 0.171. The molecule has 3 rings (SSSR count). The van der Waals surface area contributed by atoms with Crippen molar-refractivity contribution in [1.82, 2.24) is 0 Å². The van der Waals surface area contributed by atoms with Gasteiger partial charge < -0.3 is 10.5 Å². The Labute approximate surface area is 116 Å². The topological polar surface area (TPSA) is 35.2 Å². The molecule has 1 aromatic carbocycles. The zero-order chi connectivity index (χ0) is 13.5. The van der Waals surface area contributed by atoms with Gasteiger partial charge in [-0.1, -0.05) is 32.0 Å². The molecule has 1 aromatic rings. The van der Waals surface area contributed by atoms with Crippen LogP contribution in [0.2, 0.25) is 0 Å². The Morgan fingerprint density at radius 3 is 2.58 bits per heavy atom. The zero-order valence-electron chi connectivity index (χ0n) is 12.2. The molecular formula is C17H25NO. The van der Waals surface area contributed by atoms with E-state index in [0.717, 1.165) is 26.2 Å². The Hall–Kier alpha value is -0.860. The van der Waals surface area contributed by atoms with Crippen molar-refractivity contribution < 1.29 is 4.74 Å². The summed E-state index contributed by atoms with van der Waals surface area (Å²) in [6.45, 7) is 7.13. The third kappa shape index (κ3) is 1.93. The van der Waals surface area contributed by atoms with Gasteiger partial charge in [0.2, 0.25) is 0 Å². The van der Waals surface area contributed by atoms with Crippen LogP contribution in [0.5, 0.6) is 0 Å². The van der Waals surface area contributed by atoms with Crippen molar-refractivity contribution in [3.05, 3.63) is 34.9 Å². The zero-order valence-corrected chi connectivity index (χ0v) is 12.2. The predicted octanol–water partition coefficient (Wildman–Crippen LogP) is 2.82. The maximum absolute atomic E-state index is 5.82. The van der Waals surface area contributed by atoms with E-state index in [2.05, 4.69) is 32.0 Å². The maximum atomic E-state index is 5.82. The smallest absolute Gasteiger partial charge is 0.0590 e. The van der Waals surface area contributed by atoms with E-state index >= 15 is 0 Å². The summed E-state index contributed by atoms with van der Waals surface area (Å²) in [4.78, 5) is 0. The lowest BCUT2D eigenvalue weighted by molar-refractivity contribution is -0.121. The summed E-state index contributed by atoms with van der Waals surface area (Å²) in [6, 6.07) is 7.13. The van der Waals surface area contributed by atoms with Crippen LogP contribution in [0.4, 0.5) is 0 Å². The molecule has 2 heteroatoms. The Kier molecular flexibility index (Phi) is 3.18. The molecule has 104 valence electrons. The third-order valence-electron chi connectivity index (χ3n) is 5.41. The minimum Gasteiger partial charge on any atom is -0.379 e. The van der Waals surface area contributed by atoms with Gasteiger partial charge in [-0.2, -0.15) is 0 Å². The minimum absolute atomic E-state index is 0.171. The monoisotopic (exact) mass is 259 g/mol. The molecule has 0 amide bonds. The first-order valence-electron chi connectivity index (χ1n) is 7.49. The first kappa shape index (κ1) is 13.1. The first-order valence-corrected chi connectivity index (χ1v) is 7.49. The van der Waals surface area contributed by atoms with Crippen LogP contribution in [0.3, 0.4) is 0 Å². The van der Waals surface area contributed by atoms with Crippen LogP contribution in [0.15, 0.2) is 18.2 Å². The number of aryl methyl sites for hydroxylation is 2. The molecule has 19 heavy (non-hydrogen) atoms. The van der Waals surface area contributed by atoms with E-state index in [0.29, 0.717) is 0 Å². The summed E-state index contributed by atoms with van der Waals surface area (Å²) in [5.41, 5.74) is 10.8. The molecule has 0 spiro atoms. The molecule has 0 radical (unpaired) electrons. The SMILES string of the molecule is CC(C)(CCN)C1(c2ccc3c(c2)CCC3)COC1. The van der Waals surface area contributed by atoms with E-state index in [1.165, 1.54) is 24.8 Å². The van der Waals surface area contributed by atoms with Gasteiger partial charge in [0, 0.05) is 5.41 Å². The third-order valence-corrected chi connectivity index (χ3v) is 5.41. The number of rotatable bonds is 4. The molecular weight excluding hydrogens is 234 g/mol. The van der Waals surface area contributed by atoms with Gasteiger partial charge in [-0.05, 0) is 54.3 Å². The van der Waals surface area contributed by atoms with Crippen molar-refractivity contribution >= 4 is 0 Å². The van der Waals surface area contributed by atoms with Crippen LogP contribution >= 0.6 is 0 Å². The fourth-order valence-corrected chi connectivity index (χ4v) is 3.72. The highest BCUT2D eigenvalue weighted by Gasteiger charge is 2.51. The lowest BCUT2D eigenvalue weighted by Crippen LogP contribution is -2.57.